The number of rotatable bonds is 7. The van der Waals surface area contributed by atoms with Gasteiger partial charge < -0.3 is 5.32 Å². The first-order valence-electron chi connectivity index (χ1n) is 6.75. The number of anilines is 1. The average Bonchev–Trinajstić information content (AvgIpc) is 2.89. The Morgan fingerprint density at radius 1 is 1.19 bits per heavy atom. The molecule has 21 heavy (non-hydrogen) atoms. The Morgan fingerprint density at radius 2 is 1.86 bits per heavy atom. The molecular weight excluding hydrogens is 288 g/mol. The van der Waals surface area contributed by atoms with E-state index in [1.165, 1.54) is 12.4 Å². The number of aromatic nitrogens is 2. The second-order valence-corrected chi connectivity index (χ2v) is 6.92. The lowest BCUT2D eigenvalue weighted by Gasteiger charge is -2.09. The number of nitrogens with zero attached hydrogens (tertiary/aromatic N) is 1. The van der Waals surface area contributed by atoms with Crippen LogP contribution in [0, 0.1) is 0 Å². The van der Waals surface area contributed by atoms with Crippen LogP contribution in [0.15, 0.2) is 36.7 Å². The molecule has 0 atom stereocenters. The van der Waals surface area contributed by atoms with Crippen molar-refractivity contribution in [3.05, 3.63) is 47.8 Å². The molecule has 0 bridgehead atoms. The molecular formula is C14H20N4O2S. The molecule has 0 aliphatic carbocycles. The lowest BCUT2D eigenvalue weighted by molar-refractivity contribution is 0.589. The lowest BCUT2D eigenvalue weighted by Crippen LogP contribution is -2.21. The van der Waals surface area contributed by atoms with Gasteiger partial charge in [-0.25, -0.2) is 8.42 Å². The average molecular weight is 308 g/mol. The van der Waals surface area contributed by atoms with Gasteiger partial charge in [0.15, 0.2) is 0 Å². The standard InChI is InChI=1S/C14H20N4O2S/c1-11(2)15-7-12-3-5-13(6-4-12)10-21(19,20)18-14-8-16-17-9-14/h3-6,8-9,11,15,18H,7,10H2,1-2H3,(H,16,17). The van der Waals surface area contributed by atoms with Crippen LogP contribution in [0.5, 0.6) is 0 Å². The van der Waals surface area contributed by atoms with E-state index >= 15 is 0 Å². The predicted octanol–water partition coefficient (Wildman–Crippen LogP) is 1.85. The van der Waals surface area contributed by atoms with Crippen molar-refractivity contribution in [3.8, 4) is 0 Å². The monoisotopic (exact) mass is 308 g/mol. The molecule has 0 aliphatic heterocycles. The summed E-state index contributed by atoms with van der Waals surface area (Å²) in [7, 11) is -3.42. The lowest BCUT2D eigenvalue weighted by atomic mass is 10.1. The summed E-state index contributed by atoms with van der Waals surface area (Å²) >= 11 is 0. The summed E-state index contributed by atoms with van der Waals surface area (Å²) < 4.78 is 26.5. The quantitative estimate of drug-likeness (QED) is 0.728. The molecule has 6 nitrogen and oxygen atoms in total. The van der Waals surface area contributed by atoms with Crippen molar-refractivity contribution in [1.29, 1.82) is 0 Å². The van der Waals surface area contributed by atoms with Crippen molar-refractivity contribution in [2.75, 3.05) is 4.72 Å². The Bertz CT molecular complexity index is 649. The van der Waals surface area contributed by atoms with Gasteiger partial charge in [0.2, 0.25) is 10.0 Å². The van der Waals surface area contributed by atoms with E-state index in [1.54, 1.807) is 0 Å². The number of hydrogen-bond acceptors (Lipinski definition) is 4. The van der Waals surface area contributed by atoms with E-state index in [9.17, 15) is 8.42 Å². The van der Waals surface area contributed by atoms with Crippen LogP contribution in [-0.4, -0.2) is 24.7 Å². The topological polar surface area (TPSA) is 86.9 Å². The molecule has 0 saturated carbocycles. The van der Waals surface area contributed by atoms with Gasteiger partial charge in [0.05, 0.1) is 17.6 Å². The molecule has 1 heterocycles. The highest BCUT2D eigenvalue weighted by molar-refractivity contribution is 7.91. The van der Waals surface area contributed by atoms with E-state index < -0.39 is 10.0 Å². The minimum Gasteiger partial charge on any atom is -0.310 e. The molecule has 3 N–H and O–H groups in total. The van der Waals surface area contributed by atoms with Crippen LogP contribution in [0.3, 0.4) is 0 Å². The molecule has 0 spiro atoms. The minimum atomic E-state index is -3.42. The van der Waals surface area contributed by atoms with Gasteiger partial charge in [0.25, 0.3) is 0 Å². The first-order valence-corrected chi connectivity index (χ1v) is 8.40. The second kappa shape index (κ2) is 6.73. The molecule has 0 amide bonds. The number of benzene rings is 1. The largest absolute Gasteiger partial charge is 0.310 e. The van der Waals surface area contributed by atoms with Crippen LogP contribution < -0.4 is 10.0 Å². The molecule has 0 aliphatic rings. The van der Waals surface area contributed by atoms with Gasteiger partial charge in [-0.05, 0) is 11.1 Å². The molecule has 0 unspecified atom stereocenters. The summed E-state index contributed by atoms with van der Waals surface area (Å²) in [4.78, 5) is 0. The third kappa shape index (κ3) is 5.20. The van der Waals surface area contributed by atoms with E-state index in [1.807, 2.05) is 24.3 Å². The van der Waals surface area contributed by atoms with Gasteiger partial charge in [-0.2, -0.15) is 5.10 Å². The molecule has 7 heteroatoms. The van der Waals surface area contributed by atoms with Crippen LogP contribution in [0.1, 0.15) is 25.0 Å². The van der Waals surface area contributed by atoms with Crippen LogP contribution in [-0.2, 0) is 22.3 Å². The smallest absolute Gasteiger partial charge is 0.237 e. The van der Waals surface area contributed by atoms with Crippen molar-refractivity contribution >= 4 is 15.7 Å². The van der Waals surface area contributed by atoms with Gasteiger partial charge in [-0.1, -0.05) is 38.1 Å². The molecule has 0 fully saturated rings. The zero-order chi connectivity index (χ0) is 15.3. The van der Waals surface area contributed by atoms with E-state index in [4.69, 9.17) is 0 Å². The van der Waals surface area contributed by atoms with Crippen molar-refractivity contribution in [3.63, 3.8) is 0 Å². The summed E-state index contributed by atoms with van der Waals surface area (Å²) in [5.41, 5.74) is 2.32. The maximum atomic E-state index is 12.0. The Hall–Kier alpha value is -1.86. The Kier molecular flexibility index (Phi) is 4.98. The fraction of sp³-hybridized carbons (Fsp3) is 0.357. The number of sulfonamides is 1. The minimum absolute atomic E-state index is 0.0595. The molecule has 0 radical (unpaired) electrons. The number of hydrogen-bond donors (Lipinski definition) is 3. The zero-order valence-electron chi connectivity index (χ0n) is 12.1. The summed E-state index contributed by atoms with van der Waals surface area (Å²) in [6.45, 7) is 4.95. The Morgan fingerprint density at radius 3 is 2.43 bits per heavy atom. The molecule has 0 saturated heterocycles. The third-order valence-corrected chi connectivity index (χ3v) is 4.13. The summed E-state index contributed by atoms with van der Waals surface area (Å²) in [5.74, 6) is -0.0595. The summed E-state index contributed by atoms with van der Waals surface area (Å²) in [5, 5.41) is 9.58. The Labute approximate surface area is 125 Å². The van der Waals surface area contributed by atoms with E-state index in [2.05, 4.69) is 34.1 Å². The predicted molar refractivity (Wildman–Crippen MR) is 83.3 cm³/mol. The van der Waals surface area contributed by atoms with E-state index in [0.29, 0.717) is 11.7 Å². The van der Waals surface area contributed by atoms with E-state index in [0.717, 1.165) is 17.7 Å². The normalized spacial score (nSPS) is 11.8. The van der Waals surface area contributed by atoms with Crippen LogP contribution in [0.4, 0.5) is 5.69 Å². The maximum Gasteiger partial charge on any atom is 0.237 e. The SMILES string of the molecule is CC(C)NCc1ccc(CS(=O)(=O)Nc2cn[nH]c2)cc1. The van der Waals surface area contributed by atoms with Gasteiger partial charge >= 0.3 is 0 Å². The fourth-order valence-electron chi connectivity index (χ4n) is 1.82. The fourth-order valence-corrected chi connectivity index (χ4v) is 2.99. The van der Waals surface area contributed by atoms with Gasteiger partial charge in [-0.15, -0.1) is 0 Å². The van der Waals surface area contributed by atoms with Crippen molar-refractivity contribution in [1.82, 2.24) is 15.5 Å². The number of nitrogens with one attached hydrogen (secondary N) is 3. The van der Waals surface area contributed by atoms with Gasteiger partial charge in [0.1, 0.15) is 0 Å². The highest BCUT2D eigenvalue weighted by Gasteiger charge is 2.12. The van der Waals surface area contributed by atoms with Crippen molar-refractivity contribution < 1.29 is 8.42 Å². The van der Waals surface area contributed by atoms with Gasteiger partial charge in [0, 0.05) is 18.8 Å². The molecule has 114 valence electrons. The summed E-state index contributed by atoms with van der Waals surface area (Å²) in [6, 6.07) is 7.98. The van der Waals surface area contributed by atoms with Crippen LogP contribution >= 0.6 is 0 Å². The molecule has 1 aromatic carbocycles. The van der Waals surface area contributed by atoms with Crippen LogP contribution in [0.25, 0.3) is 0 Å². The first-order chi connectivity index (χ1) is 9.94. The number of H-pyrrole nitrogens is 1. The Balaban J connectivity index is 1.96. The molecule has 2 rings (SSSR count). The van der Waals surface area contributed by atoms with Crippen LogP contribution in [0.2, 0.25) is 0 Å². The van der Waals surface area contributed by atoms with Gasteiger partial charge in [-0.3, -0.25) is 9.82 Å². The molecule has 1 aromatic heterocycles. The highest BCUT2D eigenvalue weighted by atomic mass is 32.2. The summed E-state index contributed by atoms with van der Waals surface area (Å²) in [6.07, 6.45) is 2.93. The molecule has 2 aromatic rings. The number of aromatic amines is 1. The van der Waals surface area contributed by atoms with E-state index in [-0.39, 0.29) is 5.75 Å². The highest BCUT2D eigenvalue weighted by Crippen LogP contribution is 2.12. The first kappa shape index (κ1) is 15.5. The third-order valence-electron chi connectivity index (χ3n) is 2.87. The van der Waals surface area contributed by atoms with Crippen molar-refractivity contribution in [2.45, 2.75) is 32.2 Å². The zero-order valence-corrected chi connectivity index (χ0v) is 12.9. The van der Waals surface area contributed by atoms with Crippen molar-refractivity contribution in [2.24, 2.45) is 0 Å². The second-order valence-electron chi connectivity index (χ2n) is 5.20. The maximum absolute atomic E-state index is 12.0.